The summed E-state index contributed by atoms with van der Waals surface area (Å²) in [5.74, 6) is 0. The fourth-order valence-electron chi connectivity index (χ4n) is 0.733. The smallest absolute Gasteiger partial charge is 0.448 e. The van der Waals surface area contributed by atoms with Gasteiger partial charge < -0.3 is 12.9 Å². The fraction of sp³-hybridized carbons (Fsp3) is 0.200. The van der Waals surface area contributed by atoms with E-state index in [1.165, 1.54) is 0 Å². The molecule has 1 aromatic heterocycles. The minimum absolute atomic E-state index is 0. The van der Waals surface area contributed by atoms with E-state index in [9.17, 15) is 12.9 Å². The molecule has 0 N–H and O–H groups in total. The average Bonchev–Trinajstić information content (AvgIpc) is 2.32. The van der Waals surface area contributed by atoms with E-state index < -0.39 is 13.4 Å². The molecule has 0 radical (unpaired) electrons. The minimum atomic E-state index is -4.88. The van der Waals surface area contributed by atoms with Gasteiger partial charge in [0.25, 0.3) is 0 Å². The van der Waals surface area contributed by atoms with E-state index in [0.29, 0.717) is 4.68 Å². The van der Waals surface area contributed by atoms with Gasteiger partial charge >= 0.3 is 58.4 Å². The van der Waals surface area contributed by atoms with E-state index in [0.717, 1.165) is 12.4 Å². The van der Waals surface area contributed by atoms with Gasteiger partial charge in [0.2, 0.25) is 0 Å². The van der Waals surface area contributed by atoms with Crippen molar-refractivity contribution in [2.75, 3.05) is 0 Å². The van der Waals surface area contributed by atoms with Crippen molar-refractivity contribution in [3.05, 3.63) is 18.0 Å². The van der Waals surface area contributed by atoms with E-state index in [1.54, 1.807) is 6.07 Å². The fourth-order valence-corrected chi connectivity index (χ4v) is 0.733. The van der Waals surface area contributed by atoms with Crippen LogP contribution in [0.3, 0.4) is 0 Å². The van der Waals surface area contributed by atoms with E-state index in [-0.39, 0.29) is 56.9 Å². The van der Waals surface area contributed by atoms with E-state index in [1.807, 2.05) is 0 Å². The van der Waals surface area contributed by atoms with Crippen molar-refractivity contribution in [3.63, 3.8) is 0 Å². The summed E-state index contributed by atoms with van der Waals surface area (Å²) in [6, 6.07) is 1.69. The monoisotopic (exact) mass is 213 g/mol. The van der Waals surface area contributed by atoms with Gasteiger partial charge in [-0.05, 0) is 0 Å². The van der Waals surface area contributed by atoms with Crippen LogP contribution in [0.15, 0.2) is 12.4 Å². The molecule has 0 spiro atoms. The van der Waals surface area contributed by atoms with Gasteiger partial charge in [0.1, 0.15) is 6.07 Å². The first kappa shape index (κ1) is 13.2. The third-order valence-electron chi connectivity index (χ3n) is 1.16. The Hall–Kier alpha value is 0.191. The van der Waals surface area contributed by atoms with Crippen LogP contribution in [-0.4, -0.2) is 16.8 Å². The molecule has 0 aromatic carbocycles. The molecule has 3 nitrogen and oxygen atoms in total. The summed E-state index contributed by atoms with van der Waals surface area (Å²) in [5.41, 5.74) is 0.134. The Bertz CT molecular complexity index is 316. The molecule has 0 unspecified atom stereocenters. The van der Waals surface area contributed by atoms with Crippen molar-refractivity contribution in [2.45, 2.75) is 6.44 Å². The molecule has 0 aliphatic rings. The molecule has 64 valence electrons. The molecular formula is C5H4BF3KN3. The first-order valence-electron chi connectivity index (χ1n) is 3.15. The van der Waals surface area contributed by atoms with Crippen LogP contribution in [0.25, 0.3) is 0 Å². The van der Waals surface area contributed by atoms with Crippen LogP contribution in [0.5, 0.6) is 0 Å². The third-order valence-corrected chi connectivity index (χ3v) is 1.16. The SMILES string of the molecule is N#Cc1cnn(C[B-](F)(F)F)c1.[K+]. The van der Waals surface area contributed by atoms with Crippen LogP contribution < -0.4 is 51.4 Å². The first-order chi connectivity index (χ1) is 5.51. The van der Waals surface area contributed by atoms with Gasteiger partial charge in [-0.1, -0.05) is 0 Å². The standard InChI is InChI=1S/C5H4BF3N3.K/c7-6(8,9)4-12-3-5(1-10)2-11-12;/h2-3H,4H2;/q-1;+1. The second-order valence-corrected chi connectivity index (χ2v) is 2.27. The molecule has 0 saturated heterocycles. The maximum absolute atomic E-state index is 11.8. The van der Waals surface area contributed by atoms with Gasteiger partial charge in [-0.2, -0.15) is 10.4 Å². The zero-order chi connectivity index (χ0) is 9.19. The second kappa shape index (κ2) is 5.17. The first-order valence-corrected chi connectivity index (χ1v) is 3.15. The normalized spacial score (nSPS) is 10.3. The molecule has 0 fully saturated rings. The summed E-state index contributed by atoms with van der Waals surface area (Å²) in [7, 11) is 0. The van der Waals surface area contributed by atoms with Crippen LogP contribution in [0.4, 0.5) is 12.9 Å². The Morgan fingerprint density at radius 3 is 2.54 bits per heavy atom. The molecular weight excluding hydrogens is 209 g/mol. The molecule has 1 rings (SSSR count). The van der Waals surface area contributed by atoms with Crippen LogP contribution in [0, 0.1) is 11.3 Å². The number of hydrogen-bond donors (Lipinski definition) is 0. The van der Waals surface area contributed by atoms with Crippen molar-refractivity contribution in [1.82, 2.24) is 9.78 Å². The maximum atomic E-state index is 11.8. The summed E-state index contributed by atoms with van der Waals surface area (Å²) in [6.07, 6.45) is 1.07. The van der Waals surface area contributed by atoms with Gasteiger partial charge in [0.15, 0.2) is 0 Å². The molecule has 0 aliphatic carbocycles. The quantitative estimate of drug-likeness (QED) is 0.541. The third kappa shape index (κ3) is 4.83. The topological polar surface area (TPSA) is 41.6 Å². The van der Waals surface area contributed by atoms with Crippen LogP contribution in [0.2, 0.25) is 0 Å². The Morgan fingerprint density at radius 1 is 1.54 bits per heavy atom. The summed E-state index contributed by atoms with van der Waals surface area (Å²) >= 11 is 0. The van der Waals surface area contributed by atoms with Gasteiger partial charge in [-0.3, -0.25) is 4.68 Å². The van der Waals surface area contributed by atoms with Crippen molar-refractivity contribution in [1.29, 1.82) is 5.26 Å². The number of nitrogens with zero attached hydrogens (tertiary/aromatic N) is 3. The summed E-state index contributed by atoms with van der Waals surface area (Å²) in [6.45, 7) is -4.88. The van der Waals surface area contributed by atoms with Crippen molar-refractivity contribution >= 4 is 6.98 Å². The summed E-state index contributed by atoms with van der Waals surface area (Å²) in [5, 5.41) is 11.6. The van der Waals surface area contributed by atoms with Crippen molar-refractivity contribution < 1.29 is 64.3 Å². The number of rotatable bonds is 2. The van der Waals surface area contributed by atoms with Gasteiger partial charge in [0.05, 0.1) is 11.8 Å². The van der Waals surface area contributed by atoms with Crippen LogP contribution in [-0.2, 0) is 6.44 Å². The predicted octanol–water partition coefficient (Wildman–Crippen LogP) is -1.85. The maximum Gasteiger partial charge on any atom is 1.00 e. The second-order valence-electron chi connectivity index (χ2n) is 2.27. The Morgan fingerprint density at radius 2 is 2.15 bits per heavy atom. The Kier molecular flexibility index (Phi) is 5.24. The predicted molar refractivity (Wildman–Crippen MR) is 36.0 cm³/mol. The number of halogens is 3. The molecule has 1 heterocycles. The van der Waals surface area contributed by atoms with Crippen molar-refractivity contribution in [3.8, 4) is 6.07 Å². The summed E-state index contributed by atoms with van der Waals surface area (Å²) in [4.78, 5) is 0. The molecule has 0 atom stereocenters. The van der Waals surface area contributed by atoms with E-state index in [4.69, 9.17) is 5.26 Å². The van der Waals surface area contributed by atoms with Crippen LogP contribution >= 0.6 is 0 Å². The minimum Gasteiger partial charge on any atom is -0.448 e. The zero-order valence-electron chi connectivity index (χ0n) is 6.91. The largest absolute Gasteiger partial charge is 1.00 e. The molecule has 0 bridgehead atoms. The number of aromatic nitrogens is 2. The Balaban J connectivity index is 0.00000144. The average molecular weight is 213 g/mol. The molecule has 0 aliphatic heterocycles. The zero-order valence-corrected chi connectivity index (χ0v) is 10.0. The van der Waals surface area contributed by atoms with Crippen molar-refractivity contribution in [2.24, 2.45) is 0 Å². The van der Waals surface area contributed by atoms with Gasteiger partial charge in [-0.15, -0.1) is 0 Å². The van der Waals surface area contributed by atoms with E-state index in [2.05, 4.69) is 5.10 Å². The summed E-state index contributed by atoms with van der Waals surface area (Å²) < 4.78 is 36.0. The van der Waals surface area contributed by atoms with E-state index >= 15 is 0 Å². The molecule has 0 saturated carbocycles. The molecule has 1 aromatic rings. The van der Waals surface area contributed by atoms with Gasteiger partial charge in [0, 0.05) is 12.6 Å². The van der Waals surface area contributed by atoms with Crippen LogP contribution in [0.1, 0.15) is 5.56 Å². The molecule has 8 heteroatoms. The molecule has 13 heavy (non-hydrogen) atoms. The number of nitriles is 1. The molecule has 0 amide bonds. The Labute approximate surface area is 115 Å². The van der Waals surface area contributed by atoms with Gasteiger partial charge in [-0.25, -0.2) is 0 Å². The number of hydrogen-bond acceptors (Lipinski definition) is 2.